The molecule has 0 aliphatic heterocycles. The molecular formula is C11H14N2O2S. The third-order valence-electron chi connectivity index (χ3n) is 2.10. The summed E-state index contributed by atoms with van der Waals surface area (Å²) in [5.41, 5.74) is 0. The summed E-state index contributed by atoms with van der Waals surface area (Å²) in [5, 5.41) is 9.59. The van der Waals surface area contributed by atoms with Crippen molar-refractivity contribution in [2.24, 2.45) is 0 Å². The fourth-order valence-corrected chi connectivity index (χ4v) is 2.17. The molecular weight excluding hydrogens is 224 g/mol. The van der Waals surface area contributed by atoms with Crippen LogP contribution in [0.2, 0.25) is 0 Å². The molecule has 0 unspecified atom stereocenters. The van der Waals surface area contributed by atoms with E-state index in [1.165, 1.54) is 11.3 Å². The monoisotopic (exact) mass is 238 g/mol. The van der Waals surface area contributed by atoms with Gasteiger partial charge in [0.15, 0.2) is 6.29 Å². The molecule has 0 radical (unpaired) electrons. The normalized spacial score (nSPS) is 9.75. The highest BCUT2D eigenvalue weighted by molar-refractivity contribution is 7.17. The zero-order chi connectivity index (χ0) is 11.8. The molecule has 0 amide bonds. The van der Waals surface area contributed by atoms with Crippen molar-refractivity contribution in [3.63, 3.8) is 0 Å². The summed E-state index contributed by atoms with van der Waals surface area (Å²) in [6.45, 7) is 2.01. The maximum Gasteiger partial charge on any atom is 0.160 e. The lowest BCUT2D eigenvalue weighted by Crippen LogP contribution is -2.27. The molecule has 5 heteroatoms. The molecule has 86 valence electrons. The van der Waals surface area contributed by atoms with Crippen LogP contribution < -0.4 is 4.90 Å². The number of anilines is 1. The van der Waals surface area contributed by atoms with E-state index in [4.69, 9.17) is 10.00 Å². The summed E-state index contributed by atoms with van der Waals surface area (Å²) in [6.07, 6.45) is 1.31. The Bertz CT molecular complexity index is 370. The van der Waals surface area contributed by atoms with Gasteiger partial charge in [0.05, 0.1) is 29.0 Å². The summed E-state index contributed by atoms with van der Waals surface area (Å²) in [7, 11) is 1.65. The predicted octanol–water partition coefficient (Wildman–Crippen LogP) is 1.93. The van der Waals surface area contributed by atoms with Crippen LogP contribution in [0.25, 0.3) is 0 Å². The van der Waals surface area contributed by atoms with Gasteiger partial charge in [-0.25, -0.2) is 0 Å². The number of thiophene rings is 1. The average Bonchev–Trinajstić information content (AvgIpc) is 2.78. The Morgan fingerprint density at radius 2 is 2.38 bits per heavy atom. The molecule has 1 aromatic heterocycles. The molecule has 0 atom stereocenters. The molecule has 1 aromatic rings. The first kappa shape index (κ1) is 12.7. The molecule has 0 spiro atoms. The van der Waals surface area contributed by atoms with Crippen molar-refractivity contribution in [2.45, 2.75) is 6.42 Å². The van der Waals surface area contributed by atoms with Gasteiger partial charge in [-0.1, -0.05) is 0 Å². The van der Waals surface area contributed by atoms with E-state index in [-0.39, 0.29) is 0 Å². The van der Waals surface area contributed by atoms with Gasteiger partial charge in [0.2, 0.25) is 0 Å². The number of ether oxygens (including phenoxy) is 1. The first-order valence-electron chi connectivity index (χ1n) is 4.97. The highest BCUT2D eigenvalue weighted by Crippen LogP contribution is 2.24. The van der Waals surface area contributed by atoms with Crippen molar-refractivity contribution in [2.75, 3.05) is 31.7 Å². The molecule has 0 fully saturated rings. The number of methoxy groups -OCH3 is 1. The fourth-order valence-electron chi connectivity index (χ4n) is 1.29. The Kier molecular flexibility index (Phi) is 5.54. The third kappa shape index (κ3) is 3.65. The lowest BCUT2D eigenvalue weighted by atomic mass is 10.4. The van der Waals surface area contributed by atoms with Gasteiger partial charge in [-0.3, -0.25) is 4.79 Å². The van der Waals surface area contributed by atoms with Gasteiger partial charge >= 0.3 is 0 Å². The number of carbonyl (C=O) groups is 1. The van der Waals surface area contributed by atoms with Gasteiger partial charge in [0, 0.05) is 20.2 Å². The van der Waals surface area contributed by atoms with Crippen LogP contribution in [-0.4, -0.2) is 33.1 Å². The first-order valence-corrected chi connectivity index (χ1v) is 5.79. The molecule has 0 aliphatic rings. The van der Waals surface area contributed by atoms with Gasteiger partial charge in [-0.05, 0) is 12.1 Å². The van der Waals surface area contributed by atoms with Crippen molar-refractivity contribution < 1.29 is 9.53 Å². The highest BCUT2D eigenvalue weighted by Gasteiger charge is 2.08. The van der Waals surface area contributed by atoms with Crippen LogP contribution in [0.1, 0.15) is 16.1 Å². The molecule has 0 bridgehead atoms. The Balaban J connectivity index is 2.66. The van der Waals surface area contributed by atoms with Crippen LogP contribution in [0.3, 0.4) is 0 Å². The fraction of sp³-hybridized carbons (Fsp3) is 0.455. The lowest BCUT2D eigenvalue weighted by molar-refractivity contribution is 0.112. The number of hydrogen-bond acceptors (Lipinski definition) is 5. The molecule has 0 aromatic carbocycles. The van der Waals surface area contributed by atoms with Crippen molar-refractivity contribution in [3.8, 4) is 6.07 Å². The van der Waals surface area contributed by atoms with E-state index in [1.54, 1.807) is 13.2 Å². The van der Waals surface area contributed by atoms with E-state index in [0.29, 0.717) is 24.4 Å². The summed E-state index contributed by atoms with van der Waals surface area (Å²) in [6, 6.07) is 5.81. The molecule has 0 saturated carbocycles. The largest absolute Gasteiger partial charge is 0.383 e. The van der Waals surface area contributed by atoms with Crippen LogP contribution >= 0.6 is 11.3 Å². The second-order valence-electron chi connectivity index (χ2n) is 3.18. The van der Waals surface area contributed by atoms with Gasteiger partial charge in [-0.15, -0.1) is 11.3 Å². The Morgan fingerprint density at radius 1 is 1.56 bits per heavy atom. The molecule has 0 N–H and O–H groups in total. The van der Waals surface area contributed by atoms with Crippen molar-refractivity contribution in [1.82, 2.24) is 0 Å². The van der Waals surface area contributed by atoms with Crippen LogP contribution in [-0.2, 0) is 4.74 Å². The third-order valence-corrected chi connectivity index (χ3v) is 3.17. The molecule has 16 heavy (non-hydrogen) atoms. The molecule has 1 heterocycles. The van der Waals surface area contributed by atoms with Gasteiger partial charge in [0.1, 0.15) is 0 Å². The second-order valence-corrected chi connectivity index (χ2v) is 4.28. The number of nitriles is 1. The number of aldehydes is 1. The minimum absolute atomic E-state index is 0.470. The predicted molar refractivity (Wildman–Crippen MR) is 64.0 cm³/mol. The molecule has 1 rings (SSSR count). The molecule has 0 aliphatic carbocycles. The van der Waals surface area contributed by atoms with Crippen LogP contribution in [0.4, 0.5) is 5.00 Å². The Morgan fingerprint density at radius 3 is 2.94 bits per heavy atom. The quantitative estimate of drug-likeness (QED) is 0.681. The smallest absolute Gasteiger partial charge is 0.160 e. The number of nitrogens with zero attached hydrogens (tertiary/aromatic N) is 2. The standard InChI is InChI=1S/C11H14N2O2S/c1-15-8-7-13(6-2-5-12)11-4-3-10(9-14)16-11/h3-4,9H,2,6-8H2,1H3. The maximum atomic E-state index is 10.6. The molecule has 0 saturated heterocycles. The van der Waals surface area contributed by atoms with Gasteiger partial charge in [0.25, 0.3) is 0 Å². The zero-order valence-corrected chi connectivity index (χ0v) is 10.00. The zero-order valence-electron chi connectivity index (χ0n) is 9.18. The van der Waals surface area contributed by atoms with E-state index in [1.807, 2.05) is 6.07 Å². The summed E-state index contributed by atoms with van der Waals surface area (Å²) in [5.74, 6) is 0. The number of rotatable bonds is 7. The number of hydrogen-bond donors (Lipinski definition) is 0. The average molecular weight is 238 g/mol. The van der Waals surface area contributed by atoms with E-state index < -0.39 is 0 Å². The van der Waals surface area contributed by atoms with Crippen molar-refractivity contribution >= 4 is 22.6 Å². The Labute approximate surface area is 99.1 Å². The summed E-state index contributed by atoms with van der Waals surface area (Å²) in [4.78, 5) is 13.3. The topological polar surface area (TPSA) is 53.3 Å². The second kappa shape index (κ2) is 6.99. The van der Waals surface area contributed by atoms with E-state index in [0.717, 1.165) is 17.8 Å². The minimum Gasteiger partial charge on any atom is -0.383 e. The van der Waals surface area contributed by atoms with Gasteiger partial charge in [-0.2, -0.15) is 5.26 Å². The van der Waals surface area contributed by atoms with Gasteiger partial charge < -0.3 is 9.64 Å². The van der Waals surface area contributed by atoms with E-state index in [2.05, 4.69) is 11.0 Å². The Hall–Kier alpha value is -1.38. The van der Waals surface area contributed by atoms with Crippen LogP contribution in [0, 0.1) is 11.3 Å². The SMILES string of the molecule is COCCN(CCC#N)c1ccc(C=O)s1. The number of carbonyl (C=O) groups excluding carboxylic acids is 1. The van der Waals surface area contributed by atoms with Crippen molar-refractivity contribution in [3.05, 3.63) is 17.0 Å². The summed E-state index contributed by atoms with van der Waals surface area (Å²) >= 11 is 1.43. The summed E-state index contributed by atoms with van der Waals surface area (Å²) < 4.78 is 5.02. The van der Waals surface area contributed by atoms with E-state index in [9.17, 15) is 4.79 Å². The highest BCUT2D eigenvalue weighted by atomic mass is 32.1. The van der Waals surface area contributed by atoms with Crippen LogP contribution in [0.5, 0.6) is 0 Å². The minimum atomic E-state index is 0.470. The molecule has 4 nitrogen and oxygen atoms in total. The van der Waals surface area contributed by atoms with Crippen molar-refractivity contribution in [1.29, 1.82) is 5.26 Å². The van der Waals surface area contributed by atoms with Crippen LogP contribution in [0.15, 0.2) is 12.1 Å². The first-order chi connectivity index (χ1) is 7.81. The maximum absolute atomic E-state index is 10.6. The van der Waals surface area contributed by atoms with E-state index >= 15 is 0 Å². The lowest BCUT2D eigenvalue weighted by Gasteiger charge is -2.21.